The summed E-state index contributed by atoms with van der Waals surface area (Å²) in [5, 5.41) is 8.83. The molecule has 70 valence electrons. The maximum atomic E-state index is 10.8. The van der Waals surface area contributed by atoms with Crippen LogP contribution in [0.15, 0.2) is 12.1 Å². The molecule has 1 aromatic rings. The number of carboxylic acids is 1. The molecule has 0 unspecified atom stereocenters. The van der Waals surface area contributed by atoms with E-state index in [2.05, 4.69) is 0 Å². The van der Waals surface area contributed by atoms with Crippen molar-refractivity contribution >= 4 is 11.7 Å². The second-order valence-corrected chi connectivity index (χ2v) is 2.68. The summed E-state index contributed by atoms with van der Waals surface area (Å²) in [5.74, 6) is -0.642. The second-order valence-electron chi connectivity index (χ2n) is 2.68. The molecule has 13 heavy (non-hydrogen) atoms. The predicted octanol–water partition coefficient (Wildman–Crippen LogP) is 1.28. The zero-order valence-corrected chi connectivity index (χ0v) is 7.50. The Labute approximate surface area is 75.9 Å². The van der Waals surface area contributed by atoms with Crippen molar-refractivity contribution in [2.24, 2.45) is 0 Å². The van der Waals surface area contributed by atoms with Crippen molar-refractivity contribution in [3.8, 4) is 5.75 Å². The summed E-state index contributed by atoms with van der Waals surface area (Å²) in [4.78, 5) is 10.8. The maximum absolute atomic E-state index is 10.8. The van der Waals surface area contributed by atoms with Gasteiger partial charge < -0.3 is 15.6 Å². The number of methoxy groups -OCH3 is 1. The van der Waals surface area contributed by atoms with E-state index in [0.29, 0.717) is 11.3 Å². The van der Waals surface area contributed by atoms with E-state index < -0.39 is 5.97 Å². The molecule has 0 aliphatic rings. The monoisotopic (exact) mass is 181 g/mol. The van der Waals surface area contributed by atoms with E-state index in [1.165, 1.54) is 7.11 Å². The Morgan fingerprint density at radius 1 is 1.54 bits per heavy atom. The van der Waals surface area contributed by atoms with E-state index in [0.717, 1.165) is 0 Å². The third kappa shape index (κ3) is 1.56. The van der Waals surface area contributed by atoms with Crippen molar-refractivity contribution in [3.05, 3.63) is 23.3 Å². The third-order valence-corrected chi connectivity index (χ3v) is 1.85. The molecule has 1 aromatic carbocycles. The van der Waals surface area contributed by atoms with Gasteiger partial charge in [-0.05, 0) is 18.6 Å². The number of benzene rings is 1. The van der Waals surface area contributed by atoms with Crippen LogP contribution in [0.2, 0.25) is 0 Å². The molecule has 0 amide bonds. The average Bonchev–Trinajstić information content (AvgIpc) is 2.04. The molecular formula is C9H11NO3. The Morgan fingerprint density at radius 2 is 2.15 bits per heavy atom. The van der Waals surface area contributed by atoms with Crippen LogP contribution in [0.25, 0.3) is 0 Å². The highest BCUT2D eigenvalue weighted by Crippen LogP contribution is 2.27. The summed E-state index contributed by atoms with van der Waals surface area (Å²) in [6, 6.07) is 3.32. The number of aromatic carboxylic acids is 1. The lowest BCUT2D eigenvalue weighted by atomic mass is 10.1. The van der Waals surface area contributed by atoms with Crippen molar-refractivity contribution in [3.63, 3.8) is 0 Å². The van der Waals surface area contributed by atoms with Crippen LogP contribution in [0.1, 0.15) is 15.9 Å². The van der Waals surface area contributed by atoms with E-state index in [9.17, 15) is 4.79 Å². The van der Waals surface area contributed by atoms with Gasteiger partial charge in [-0.3, -0.25) is 0 Å². The summed E-state index contributed by atoms with van der Waals surface area (Å²) in [7, 11) is 1.45. The quantitative estimate of drug-likeness (QED) is 0.674. The molecular weight excluding hydrogens is 170 g/mol. The van der Waals surface area contributed by atoms with Crippen molar-refractivity contribution in [1.82, 2.24) is 0 Å². The Kier molecular flexibility index (Phi) is 2.41. The van der Waals surface area contributed by atoms with Gasteiger partial charge in [0.05, 0.1) is 18.4 Å². The van der Waals surface area contributed by atoms with Crippen LogP contribution in [0.4, 0.5) is 5.69 Å². The Balaban J connectivity index is 3.38. The standard InChI is InChI=1S/C9H11NO3/c1-5-3-4-6(13-2)8(10)7(5)9(11)12/h3-4H,10H2,1-2H3,(H,11,12). The van der Waals surface area contributed by atoms with Crippen molar-refractivity contribution < 1.29 is 14.6 Å². The zero-order valence-electron chi connectivity index (χ0n) is 7.50. The number of ether oxygens (including phenoxy) is 1. The Bertz CT molecular complexity index is 347. The fraction of sp³-hybridized carbons (Fsp3) is 0.222. The molecule has 0 aliphatic heterocycles. The highest BCUT2D eigenvalue weighted by Gasteiger charge is 2.14. The number of nitrogens with two attached hydrogens (primary N) is 1. The maximum Gasteiger partial charge on any atom is 0.338 e. The number of carboxylic acid groups (broad SMARTS) is 1. The van der Waals surface area contributed by atoms with Crippen LogP contribution in [-0.2, 0) is 0 Å². The van der Waals surface area contributed by atoms with Crippen LogP contribution >= 0.6 is 0 Å². The van der Waals surface area contributed by atoms with Gasteiger partial charge in [-0.2, -0.15) is 0 Å². The Hall–Kier alpha value is -1.71. The predicted molar refractivity (Wildman–Crippen MR) is 49.1 cm³/mol. The normalized spacial score (nSPS) is 9.69. The van der Waals surface area contributed by atoms with Crippen LogP contribution in [-0.4, -0.2) is 18.2 Å². The number of hydrogen-bond acceptors (Lipinski definition) is 3. The van der Waals surface area contributed by atoms with Crippen LogP contribution < -0.4 is 10.5 Å². The lowest BCUT2D eigenvalue weighted by molar-refractivity contribution is 0.0697. The minimum atomic E-state index is -1.03. The molecule has 4 nitrogen and oxygen atoms in total. The molecule has 4 heteroatoms. The number of carbonyl (C=O) groups is 1. The van der Waals surface area contributed by atoms with Gasteiger partial charge in [0.2, 0.25) is 0 Å². The fourth-order valence-electron chi connectivity index (χ4n) is 1.17. The fourth-order valence-corrected chi connectivity index (χ4v) is 1.17. The largest absolute Gasteiger partial charge is 0.495 e. The smallest absolute Gasteiger partial charge is 0.338 e. The number of anilines is 1. The number of rotatable bonds is 2. The molecule has 0 radical (unpaired) electrons. The van der Waals surface area contributed by atoms with Crippen molar-refractivity contribution in [2.75, 3.05) is 12.8 Å². The Morgan fingerprint density at radius 3 is 2.62 bits per heavy atom. The van der Waals surface area contributed by atoms with E-state index in [4.69, 9.17) is 15.6 Å². The summed E-state index contributed by atoms with van der Waals surface area (Å²) in [6.45, 7) is 1.69. The minimum absolute atomic E-state index is 0.111. The number of hydrogen-bond donors (Lipinski definition) is 2. The van der Waals surface area contributed by atoms with E-state index in [1.807, 2.05) is 0 Å². The first-order valence-corrected chi connectivity index (χ1v) is 3.74. The van der Waals surface area contributed by atoms with Gasteiger partial charge in [-0.1, -0.05) is 6.07 Å². The summed E-state index contributed by atoms with van der Waals surface area (Å²) in [5.41, 5.74) is 6.51. The lowest BCUT2D eigenvalue weighted by Crippen LogP contribution is -2.06. The van der Waals surface area contributed by atoms with Crippen LogP contribution in [0.5, 0.6) is 5.75 Å². The zero-order chi connectivity index (χ0) is 10.0. The number of aryl methyl sites for hydroxylation is 1. The van der Waals surface area contributed by atoms with Gasteiger partial charge >= 0.3 is 5.97 Å². The minimum Gasteiger partial charge on any atom is -0.495 e. The third-order valence-electron chi connectivity index (χ3n) is 1.85. The van der Waals surface area contributed by atoms with E-state index >= 15 is 0 Å². The molecule has 0 saturated heterocycles. The molecule has 0 saturated carbocycles. The van der Waals surface area contributed by atoms with Gasteiger partial charge in [-0.25, -0.2) is 4.79 Å². The highest BCUT2D eigenvalue weighted by atomic mass is 16.5. The lowest BCUT2D eigenvalue weighted by Gasteiger charge is -2.09. The van der Waals surface area contributed by atoms with Gasteiger partial charge in [-0.15, -0.1) is 0 Å². The first-order chi connectivity index (χ1) is 6.07. The molecule has 0 fully saturated rings. The molecule has 1 rings (SSSR count). The van der Waals surface area contributed by atoms with Gasteiger partial charge in [0.1, 0.15) is 5.75 Å². The molecule has 0 heterocycles. The molecule has 0 atom stereocenters. The van der Waals surface area contributed by atoms with Gasteiger partial charge in [0, 0.05) is 0 Å². The first kappa shape index (κ1) is 9.38. The van der Waals surface area contributed by atoms with Crippen LogP contribution in [0.3, 0.4) is 0 Å². The summed E-state index contributed by atoms with van der Waals surface area (Å²) < 4.78 is 4.90. The number of nitrogen functional groups attached to an aromatic ring is 1. The SMILES string of the molecule is COc1ccc(C)c(C(=O)O)c1N. The van der Waals surface area contributed by atoms with E-state index in [-0.39, 0.29) is 11.3 Å². The molecule has 0 aromatic heterocycles. The highest BCUT2D eigenvalue weighted by molar-refractivity contribution is 5.96. The molecule has 3 N–H and O–H groups in total. The van der Waals surface area contributed by atoms with Crippen LogP contribution in [0, 0.1) is 6.92 Å². The summed E-state index contributed by atoms with van der Waals surface area (Å²) in [6.07, 6.45) is 0. The summed E-state index contributed by atoms with van der Waals surface area (Å²) >= 11 is 0. The second kappa shape index (κ2) is 3.35. The van der Waals surface area contributed by atoms with Gasteiger partial charge in [0.25, 0.3) is 0 Å². The van der Waals surface area contributed by atoms with Crippen molar-refractivity contribution in [1.29, 1.82) is 0 Å². The molecule has 0 aliphatic carbocycles. The first-order valence-electron chi connectivity index (χ1n) is 3.74. The van der Waals surface area contributed by atoms with Gasteiger partial charge in [0.15, 0.2) is 0 Å². The molecule has 0 bridgehead atoms. The average molecular weight is 181 g/mol. The molecule has 0 spiro atoms. The van der Waals surface area contributed by atoms with Crippen molar-refractivity contribution in [2.45, 2.75) is 6.92 Å². The van der Waals surface area contributed by atoms with E-state index in [1.54, 1.807) is 19.1 Å². The topological polar surface area (TPSA) is 72.5 Å².